The maximum atomic E-state index is 12.1. The normalized spacial score (nSPS) is 26.2. The topological polar surface area (TPSA) is 88.5 Å². The molecule has 0 bridgehead atoms. The number of carboxylic acids is 1. The zero-order valence-corrected chi connectivity index (χ0v) is 17.3. The maximum absolute atomic E-state index is 12.1. The molecule has 1 aromatic carbocycles. The Hall–Kier alpha value is -2.53. The van der Waals surface area contributed by atoms with Crippen LogP contribution in [-0.4, -0.2) is 78.1 Å². The van der Waals surface area contributed by atoms with Crippen molar-refractivity contribution in [3.63, 3.8) is 0 Å². The van der Waals surface area contributed by atoms with E-state index in [-0.39, 0.29) is 18.1 Å². The quantitative estimate of drug-likeness (QED) is 0.741. The number of ether oxygens (including phenoxy) is 3. The lowest BCUT2D eigenvalue weighted by molar-refractivity contribution is -0.192. The molecule has 11 heteroatoms. The molecule has 0 aromatic heterocycles. The molecule has 0 unspecified atom stereocenters. The molecule has 0 saturated carbocycles. The summed E-state index contributed by atoms with van der Waals surface area (Å²) in [4.78, 5) is 25.4. The van der Waals surface area contributed by atoms with Crippen LogP contribution in [-0.2, 0) is 20.9 Å². The molecule has 4 aliphatic heterocycles. The fourth-order valence-electron chi connectivity index (χ4n) is 4.40. The molecule has 0 radical (unpaired) electrons. The zero-order chi connectivity index (χ0) is 22.9. The van der Waals surface area contributed by atoms with Crippen molar-refractivity contribution in [2.24, 2.45) is 5.92 Å². The molecule has 5 rings (SSSR count). The smallest absolute Gasteiger partial charge is 0.475 e. The molecule has 8 nitrogen and oxygen atoms in total. The number of amides is 1. The second-order valence-electron chi connectivity index (χ2n) is 8.42. The van der Waals surface area contributed by atoms with Crippen molar-refractivity contribution in [2.45, 2.75) is 44.2 Å². The van der Waals surface area contributed by atoms with Gasteiger partial charge in [-0.2, -0.15) is 13.2 Å². The largest absolute Gasteiger partial charge is 0.490 e. The van der Waals surface area contributed by atoms with E-state index in [1.165, 1.54) is 5.56 Å². The monoisotopic (exact) mass is 458 g/mol. The van der Waals surface area contributed by atoms with Gasteiger partial charge in [-0.15, -0.1) is 0 Å². The molecular formula is C21H25F3N2O6. The second-order valence-corrected chi connectivity index (χ2v) is 8.42. The summed E-state index contributed by atoms with van der Waals surface area (Å²) in [6.07, 6.45) is -1.95. The molecule has 3 atom stereocenters. The SMILES string of the molecule is O=C(C[C@H]1C[C@H]2CN(Cc3ccc4c(c3)OCO4)C[C@H]2O1)N1CCC1.O=C(O)C(F)(F)F. The molecule has 3 saturated heterocycles. The van der Waals surface area contributed by atoms with Gasteiger partial charge in [0.15, 0.2) is 11.5 Å². The summed E-state index contributed by atoms with van der Waals surface area (Å²) in [5, 5.41) is 7.12. The lowest BCUT2D eigenvalue weighted by atomic mass is 10.0. The van der Waals surface area contributed by atoms with Crippen molar-refractivity contribution in [1.29, 1.82) is 0 Å². The minimum atomic E-state index is -5.08. The molecule has 0 aliphatic carbocycles. The Morgan fingerprint density at radius 1 is 1.12 bits per heavy atom. The van der Waals surface area contributed by atoms with Gasteiger partial charge in [0.2, 0.25) is 12.7 Å². The van der Waals surface area contributed by atoms with Crippen molar-refractivity contribution >= 4 is 11.9 Å². The van der Waals surface area contributed by atoms with Crippen molar-refractivity contribution in [3.05, 3.63) is 23.8 Å². The standard InChI is InChI=1S/C19H24N2O4.C2HF3O2/c22-19(21-4-1-5-21)8-15-7-14-10-20(11-18(14)25-15)9-13-2-3-16-17(6-13)24-12-23-16;3-2(4,5)1(6)7/h2-3,6,14-15,18H,1,4-5,7-12H2;(H,6,7)/t14-,15+,18+;/m0./s1. The summed E-state index contributed by atoms with van der Waals surface area (Å²) in [6.45, 7) is 5.09. The van der Waals surface area contributed by atoms with Crippen LogP contribution in [0.4, 0.5) is 13.2 Å². The number of aliphatic carboxylic acids is 1. The molecule has 4 heterocycles. The first kappa shape index (κ1) is 22.7. The molecule has 0 spiro atoms. The lowest BCUT2D eigenvalue weighted by Gasteiger charge is -2.31. The van der Waals surface area contributed by atoms with Crippen LogP contribution in [0.25, 0.3) is 0 Å². The number of nitrogens with zero attached hydrogens (tertiary/aromatic N) is 2. The van der Waals surface area contributed by atoms with E-state index in [4.69, 9.17) is 24.1 Å². The molecule has 176 valence electrons. The van der Waals surface area contributed by atoms with Gasteiger partial charge in [0.1, 0.15) is 0 Å². The Bertz CT molecular complexity index is 846. The van der Waals surface area contributed by atoms with Gasteiger partial charge >= 0.3 is 12.1 Å². The van der Waals surface area contributed by atoms with Crippen LogP contribution in [0, 0.1) is 5.92 Å². The Balaban J connectivity index is 0.000000307. The average Bonchev–Trinajstić information content (AvgIpc) is 3.34. The number of hydrogen-bond donors (Lipinski definition) is 1. The van der Waals surface area contributed by atoms with Crippen LogP contribution in [0.3, 0.4) is 0 Å². The predicted molar refractivity (Wildman–Crippen MR) is 104 cm³/mol. The Labute approximate surface area is 182 Å². The summed E-state index contributed by atoms with van der Waals surface area (Å²) in [6, 6.07) is 6.17. The van der Waals surface area contributed by atoms with Gasteiger partial charge in [-0.05, 0) is 30.5 Å². The van der Waals surface area contributed by atoms with E-state index in [1.807, 2.05) is 11.0 Å². The number of benzene rings is 1. The van der Waals surface area contributed by atoms with Crippen LogP contribution in [0.5, 0.6) is 11.5 Å². The van der Waals surface area contributed by atoms with Crippen LogP contribution in [0.1, 0.15) is 24.8 Å². The van der Waals surface area contributed by atoms with Crippen molar-refractivity contribution in [3.8, 4) is 11.5 Å². The molecular weight excluding hydrogens is 433 g/mol. The molecule has 4 aliphatic rings. The number of carboxylic acid groups (broad SMARTS) is 1. The number of alkyl halides is 3. The van der Waals surface area contributed by atoms with Gasteiger partial charge < -0.3 is 24.2 Å². The summed E-state index contributed by atoms with van der Waals surface area (Å²) >= 11 is 0. The van der Waals surface area contributed by atoms with Crippen LogP contribution < -0.4 is 9.47 Å². The zero-order valence-electron chi connectivity index (χ0n) is 17.3. The van der Waals surface area contributed by atoms with Gasteiger partial charge in [0.05, 0.1) is 18.6 Å². The summed E-state index contributed by atoms with van der Waals surface area (Å²) < 4.78 is 48.7. The highest BCUT2D eigenvalue weighted by Crippen LogP contribution is 2.37. The van der Waals surface area contributed by atoms with E-state index in [9.17, 15) is 18.0 Å². The third-order valence-corrected chi connectivity index (χ3v) is 6.09. The predicted octanol–water partition coefficient (Wildman–Crippen LogP) is 2.26. The highest BCUT2D eigenvalue weighted by Gasteiger charge is 2.43. The van der Waals surface area contributed by atoms with Crippen molar-refractivity contribution in [2.75, 3.05) is 33.0 Å². The first-order valence-corrected chi connectivity index (χ1v) is 10.5. The van der Waals surface area contributed by atoms with E-state index in [1.54, 1.807) is 0 Å². The summed E-state index contributed by atoms with van der Waals surface area (Å²) in [5.74, 6) is -0.248. The third kappa shape index (κ3) is 5.26. The Morgan fingerprint density at radius 3 is 2.47 bits per heavy atom. The van der Waals surface area contributed by atoms with Crippen LogP contribution in [0.15, 0.2) is 18.2 Å². The van der Waals surface area contributed by atoms with Gasteiger partial charge in [0, 0.05) is 38.6 Å². The number of likely N-dealkylation sites (tertiary alicyclic amines) is 2. The fraction of sp³-hybridized carbons (Fsp3) is 0.619. The van der Waals surface area contributed by atoms with Gasteiger partial charge in [-0.1, -0.05) is 6.07 Å². The maximum Gasteiger partial charge on any atom is 0.490 e. The van der Waals surface area contributed by atoms with Crippen molar-refractivity contribution in [1.82, 2.24) is 9.80 Å². The second kappa shape index (κ2) is 9.14. The molecule has 1 N–H and O–H groups in total. The van der Waals surface area contributed by atoms with E-state index in [0.717, 1.165) is 57.1 Å². The van der Waals surface area contributed by atoms with Crippen LogP contribution >= 0.6 is 0 Å². The van der Waals surface area contributed by atoms with E-state index in [0.29, 0.717) is 19.1 Å². The minimum Gasteiger partial charge on any atom is -0.475 e. The third-order valence-electron chi connectivity index (χ3n) is 6.09. The minimum absolute atomic E-state index is 0.121. The molecule has 1 aromatic rings. The highest BCUT2D eigenvalue weighted by molar-refractivity contribution is 5.77. The number of carbonyl (C=O) groups is 2. The van der Waals surface area contributed by atoms with Gasteiger partial charge in [-0.3, -0.25) is 9.69 Å². The van der Waals surface area contributed by atoms with Crippen LogP contribution in [0.2, 0.25) is 0 Å². The molecule has 32 heavy (non-hydrogen) atoms. The lowest BCUT2D eigenvalue weighted by Crippen LogP contribution is -2.43. The number of fused-ring (bicyclic) bond motifs is 2. The first-order valence-electron chi connectivity index (χ1n) is 10.5. The van der Waals surface area contributed by atoms with Gasteiger partial charge in [-0.25, -0.2) is 4.79 Å². The van der Waals surface area contributed by atoms with Crippen molar-refractivity contribution < 1.29 is 42.1 Å². The van der Waals surface area contributed by atoms with E-state index in [2.05, 4.69) is 17.0 Å². The average molecular weight is 458 g/mol. The number of carbonyl (C=O) groups excluding carboxylic acids is 1. The Kier molecular flexibility index (Phi) is 6.47. The first-order chi connectivity index (χ1) is 15.2. The molecule has 3 fully saturated rings. The summed E-state index contributed by atoms with van der Waals surface area (Å²) in [7, 11) is 0. The number of rotatable bonds is 4. The number of hydrogen-bond acceptors (Lipinski definition) is 6. The molecule has 1 amide bonds. The Morgan fingerprint density at radius 2 is 1.84 bits per heavy atom. The highest BCUT2D eigenvalue weighted by atomic mass is 19.4. The van der Waals surface area contributed by atoms with E-state index < -0.39 is 12.1 Å². The number of halogens is 3. The summed E-state index contributed by atoms with van der Waals surface area (Å²) in [5.41, 5.74) is 1.24. The van der Waals surface area contributed by atoms with Gasteiger partial charge in [0.25, 0.3) is 0 Å². The van der Waals surface area contributed by atoms with E-state index >= 15 is 0 Å². The fourth-order valence-corrected chi connectivity index (χ4v) is 4.40.